The van der Waals surface area contributed by atoms with Crippen molar-refractivity contribution in [2.24, 2.45) is 0 Å². The van der Waals surface area contributed by atoms with Crippen LogP contribution in [0.15, 0.2) is 29.2 Å². The minimum Gasteiger partial charge on any atom is -0.311 e. The summed E-state index contributed by atoms with van der Waals surface area (Å²) in [5.74, 6) is 0.811. The van der Waals surface area contributed by atoms with Gasteiger partial charge in [-0.2, -0.15) is 4.68 Å². The summed E-state index contributed by atoms with van der Waals surface area (Å²) in [7, 11) is 1.89. The Labute approximate surface area is 105 Å². The quantitative estimate of drug-likeness (QED) is 0.835. The first-order chi connectivity index (χ1) is 8.26. The van der Waals surface area contributed by atoms with E-state index in [1.54, 1.807) is 16.4 Å². The molecular formula is C11H15N5S. The van der Waals surface area contributed by atoms with Crippen LogP contribution in [0, 0.1) is 0 Å². The molecule has 0 aliphatic heterocycles. The zero-order valence-corrected chi connectivity index (χ0v) is 10.9. The summed E-state index contributed by atoms with van der Waals surface area (Å²) in [4.78, 5) is 1.20. The molecule has 2 aromatic rings. The molecule has 90 valence electrons. The second-order valence-corrected chi connectivity index (χ2v) is 4.54. The Kier molecular flexibility index (Phi) is 3.75. The van der Waals surface area contributed by atoms with Gasteiger partial charge in [-0.15, -0.1) is 16.9 Å². The SMILES string of the molecule is CNC(C)c1nnnn1-c1cccc(SC)c1. The van der Waals surface area contributed by atoms with Gasteiger partial charge in [0.15, 0.2) is 5.82 Å². The minimum absolute atomic E-state index is 0.114. The smallest absolute Gasteiger partial charge is 0.173 e. The van der Waals surface area contributed by atoms with Crippen LogP contribution < -0.4 is 5.32 Å². The molecular weight excluding hydrogens is 234 g/mol. The number of aromatic nitrogens is 4. The Morgan fingerprint density at radius 2 is 2.24 bits per heavy atom. The summed E-state index contributed by atoms with van der Waals surface area (Å²) in [6.45, 7) is 2.03. The third-order valence-electron chi connectivity index (χ3n) is 2.61. The van der Waals surface area contributed by atoms with Crippen LogP contribution in [0.4, 0.5) is 0 Å². The molecule has 1 atom stereocenters. The van der Waals surface area contributed by atoms with Crippen molar-refractivity contribution in [1.82, 2.24) is 25.5 Å². The first-order valence-electron chi connectivity index (χ1n) is 5.36. The molecule has 1 aromatic heterocycles. The summed E-state index contributed by atoms with van der Waals surface area (Å²) >= 11 is 1.70. The molecule has 0 aliphatic rings. The van der Waals surface area contributed by atoms with E-state index in [1.165, 1.54) is 4.90 Å². The number of hydrogen-bond acceptors (Lipinski definition) is 5. The fraction of sp³-hybridized carbons (Fsp3) is 0.364. The van der Waals surface area contributed by atoms with E-state index in [-0.39, 0.29) is 6.04 Å². The first kappa shape index (κ1) is 12.1. The largest absolute Gasteiger partial charge is 0.311 e. The van der Waals surface area contributed by atoms with Gasteiger partial charge in [0.25, 0.3) is 0 Å². The second-order valence-electron chi connectivity index (χ2n) is 3.66. The second kappa shape index (κ2) is 5.29. The van der Waals surface area contributed by atoms with Crippen molar-refractivity contribution in [2.75, 3.05) is 13.3 Å². The summed E-state index contributed by atoms with van der Waals surface area (Å²) in [6, 6.07) is 8.27. The lowest BCUT2D eigenvalue weighted by molar-refractivity contribution is 0.588. The van der Waals surface area contributed by atoms with Crippen LogP contribution in [0.1, 0.15) is 18.8 Å². The van der Waals surface area contributed by atoms with E-state index >= 15 is 0 Å². The highest BCUT2D eigenvalue weighted by Gasteiger charge is 2.13. The zero-order valence-electron chi connectivity index (χ0n) is 10.1. The molecule has 0 saturated carbocycles. The van der Waals surface area contributed by atoms with Crippen LogP contribution in [0.2, 0.25) is 0 Å². The van der Waals surface area contributed by atoms with E-state index < -0.39 is 0 Å². The van der Waals surface area contributed by atoms with E-state index in [0.717, 1.165) is 11.5 Å². The molecule has 17 heavy (non-hydrogen) atoms. The monoisotopic (exact) mass is 249 g/mol. The maximum Gasteiger partial charge on any atom is 0.173 e. The Hall–Kier alpha value is -1.40. The third kappa shape index (κ3) is 2.48. The van der Waals surface area contributed by atoms with Gasteiger partial charge < -0.3 is 5.32 Å². The van der Waals surface area contributed by atoms with Crippen molar-refractivity contribution < 1.29 is 0 Å². The normalized spacial score (nSPS) is 12.6. The van der Waals surface area contributed by atoms with Crippen LogP contribution in [0.3, 0.4) is 0 Å². The number of tetrazole rings is 1. The van der Waals surface area contributed by atoms with E-state index in [1.807, 2.05) is 26.1 Å². The first-order valence-corrected chi connectivity index (χ1v) is 6.58. The van der Waals surface area contributed by atoms with Gasteiger partial charge in [-0.1, -0.05) is 6.07 Å². The van der Waals surface area contributed by atoms with Crippen molar-refractivity contribution in [2.45, 2.75) is 17.9 Å². The Balaban J connectivity index is 2.42. The lowest BCUT2D eigenvalue weighted by atomic mass is 10.3. The molecule has 1 unspecified atom stereocenters. The van der Waals surface area contributed by atoms with Gasteiger partial charge in [-0.25, -0.2) is 0 Å². The Bertz CT molecular complexity index is 496. The van der Waals surface area contributed by atoms with Gasteiger partial charge >= 0.3 is 0 Å². The van der Waals surface area contributed by atoms with Crippen LogP contribution in [-0.2, 0) is 0 Å². The number of hydrogen-bond donors (Lipinski definition) is 1. The highest BCUT2D eigenvalue weighted by Crippen LogP contribution is 2.19. The van der Waals surface area contributed by atoms with Crippen LogP contribution in [0.5, 0.6) is 0 Å². The summed E-state index contributed by atoms with van der Waals surface area (Å²) in [6.07, 6.45) is 2.05. The van der Waals surface area contributed by atoms with Crippen molar-refractivity contribution in [1.29, 1.82) is 0 Å². The lowest BCUT2D eigenvalue weighted by Gasteiger charge is -2.10. The summed E-state index contributed by atoms with van der Waals surface area (Å²) in [5, 5.41) is 15.0. The molecule has 5 nitrogen and oxygen atoms in total. The fourth-order valence-electron chi connectivity index (χ4n) is 1.52. The van der Waals surface area contributed by atoms with Crippen molar-refractivity contribution >= 4 is 11.8 Å². The van der Waals surface area contributed by atoms with Crippen molar-refractivity contribution in [3.05, 3.63) is 30.1 Å². The highest BCUT2D eigenvalue weighted by atomic mass is 32.2. The van der Waals surface area contributed by atoms with Gasteiger partial charge in [0, 0.05) is 4.90 Å². The molecule has 1 heterocycles. The van der Waals surface area contributed by atoms with Crippen molar-refractivity contribution in [3.8, 4) is 5.69 Å². The molecule has 0 amide bonds. The van der Waals surface area contributed by atoms with Gasteiger partial charge in [0.1, 0.15) is 0 Å². The number of rotatable bonds is 4. The molecule has 0 fully saturated rings. The summed E-state index contributed by atoms with van der Waals surface area (Å²) in [5.41, 5.74) is 0.985. The van der Waals surface area contributed by atoms with Crippen LogP contribution in [-0.4, -0.2) is 33.5 Å². The maximum absolute atomic E-state index is 4.05. The highest BCUT2D eigenvalue weighted by molar-refractivity contribution is 7.98. The maximum atomic E-state index is 4.05. The zero-order chi connectivity index (χ0) is 12.3. The molecule has 6 heteroatoms. The minimum atomic E-state index is 0.114. The lowest BCUT2D eigenvalue weighted by Crippen LogP contribution is -2.17. The standard InChI is InChI=1S/C11H15N5S/c1-8(12-2)11-13-14-15-16(11)9-5-4-6-10(7-9)17-3/h4-8,12H,1-3H3. The molecule has 0 radical (unpaired) electrons. The predicted molar refractivity (Wildman–Crippen MR) is 68.4 cm³/mol. The third-order valence-corrected chi connectivity index (χ3v) is 3.34. The van der Waals surface area contributed by atoms with E-state index in [2.05, 4.69) is 39.2 Å². The molecule has 2 rings (SSSR count). The Morgan fingerprint density at radius 3 is 2.94 bits per heavy atom. The molecule has 0 saturated heterocycles. The topological polar surface area (TPSA) is 55.6 Å². The number of benzene rings is 1. The van der Waals surface area contributed by atoms with Crippen molar-refractivity contribution in [3.63, 3.8) is 0 Å². The van der Waals surface area contributed by atoms with E-state index in [4.69, 9.17) is 0 Å². The molecule has 0 aliphatic carbocycles. The van der Waals surface area contributed by atoms with Crippen LogP contribution in [0.25, 0.3) is 5.69 Å². The van der Waals surface area contributed by atoms with Gasteiger partial charge in [-0.05, 0) is 48.9 Å². The number of thioether (sulfide) groups is 1. The van der Waals surface area contributed by atoms with Gasteiger partial charge in [-0.3, -0.25) is 0 Å². The number of nitrogens with zero attached hydrogens (tertiary/aromatic N) is 4. The molecule has 1 aromatic carbocycles. The average Bonchev–Trinajstić information content (AvgIpc) is 2.87. The fourth-order valence-corrected chi connectivity index (χ4v) is 1.97. The number of nitrogens with one attached hydrogen (secondary N) is 1. The molecule has 1 N–H and O–H groups in total. The molecule has 0 bridgehead atoms. The average molecular weight is 249 g/mol. The Morgan fingerprint density at radius 1 is 1.41 bits per heavy atom. The van der Waals surface area contributed by atoms with E-state index in [0.29, 0.717) is 0 Å². The van der Waals surface area contributed by atoms with Gasteiger partial charge in [0.05, 0.1) is 11.7 Å². The molecule has 0 spiro atoms. The van der Waals surface area contributed by atoms with Crippen LogP contribution >= 0.6 is 11.8 Å². The van der Waals surface area contributed by atoms with E-state index in [9.17, 15) is 0 Å². The van der Waals surface area contributed by atoms with Gasteiger partial charge in [0.2, 0.25) is 0 Å². The summed E-state index contributed by atoms with van der Waals surface area (Å²) < 4.78 is 1.76. The predicted octanol–water partition coefficient (Wildman–Crippen LogP) is 1.66.